The minimum Gasteiger partial charge on any atom is -0.357 e. The molecule has 33 heavy (non-hydrogen) atoms. The lowest BCUT2D eigenvalue weighted by Gasteiger charge is -2.35. The van der Waals surface area contributed by atoms with Crippen molar-refractivity contribution in [3.63, 3.8) is 0 Å². The van der Waals surface area contributed by atoms with Crippen molar-refractivity contribution in [2.45, 2.75) is 19.1 Å². The average molecular weight is 439 g/mol. The number of benzene rings is 3. The highest BCUT2D eigenvalue weighted by molar-refractivity contribution is 5.47. The van der Waals surface area contributed by atoms with Gasteiger partial charge in [0.1, 0.15) is 5.60 Å². The van der Waals surface area contributed by atoms with Crippen molar-refractivity contribution in [2.24, 2.45) is 0 Å². The number of rotatable bonds is 8. The fraction of sp³-hybridized carbons (Fsp3) is 0.143. The van der Waals surface area contributed by atoms with Crippen LogP contribution in [0, 0.1) is 6.92 Å². The molecule has 0 saturated heterocycles. The van der Waals surface area contributed by atoms with Gasteiger partial charge in [0, 0.05) is 18.3 Å². The van der Waals surface area contributed by atoms with Gasteiger partial charge in [-0.2, -0.15) is 0 Å². The molecular weight excluding hydrogens is 412 g/mol. The molecule has 0 aliphatic carbocycles. The van der Waals surface area contributed by atoms with E-state index in [0.717, 1.165) is 16.7 Å². The van der Waals surface area contributed by atoms with E-state index in [4.69, 9.17) is 4.74 Å². The molecule has 4 aromatic rings. The van der Waals surface area contributed by atoms with Gasteiger partial charge in [0.05, 0.1) is 6.61 Å². The van der Waals surface area contributed by atoms with Gasteiger partial charge in [0.25, 0.3) is 5.56 Å². The first-order chi connectivity index (χ1) is 16.1. The molecule has 1 heterocycles. The van der Waals surface area contributed by atoms with E-state index < -0.39 is 11.3 Å². The Bertz CT molecular complexity index is 1230. The van der Waals surface area contributed by atoms with Crippen LogP contribution in [0.1, 0.15) is 22.3 Å². The van der Waals surface area contributed by atoms with Crippen LogP contribution >= 0.6 is 0 Å². The normalized spacial score (nSPS) is 11.7. The van der Waals surface area contributed by atoms with E-state index in [1.807, 2.05) is 66.7 Å². The Labute approximate surface area is 192 Å². The molecule has 166 valence electrons. The van der Waals surface area contributed by atoms with Crippen LogP contribution in [-0.2, 0) is 16.9 Å². The van der Waals surface area contributed by atoms with Gasteiger partial charge in [-0.05, 0) is 23.6 Å². The second-order valence-corrected chi connectivity index (χ2v) is 7.79. The number of aromatic nitrogens is 2. The first-order valence-electron chi connectivity index (χ1n) is 10.9. The molecular formula is C28H26N2O3. The van der Waals surface area contributed by atoms with Crippen molar-refractivity contribution in [1.29, 1.82) is 0 Å². The Hall–Kier alpha value is -3.96. The maximum Gasteiger partial charge on any atom is 0.328 e. The fourth-order valence-electron chi connectivity index (χ4n) is 3.95. The maximum atomic E-state index is 12.0. The van der Waals surface area contributed by atoms with Crippen LogP contribution in [0.3, 0.4) is 0 Å². The number of aromatic amines is 1. The summed E-state index contributed by atoms with van der Waals surface area (Å²) in [5.74, 6) is 0. The Morgan fingerprint density at radius 2 is 1.27 bits per heavy atom. The molecule has 4 rings (SSSR count). The summed E-state index contributed by atoms with van der Waals surface area (Å²) in [4.78, 5) is 25.9. The monoisotopic (exact) mass is 438 g/mol. The second kappa shape index (κ2) is 10.1. The number of allylic oxidation sites excluding steroid dienone is 1. The smallest absolute Gasteiger partial charge is 0.328 e. The van der Waals surface area contributed by atoms with Gasteiger partial charge in [0.15, 0.2) is 0 Å². The number of ether oxygens (including phenoxy) is 1. The molecule has 0 radical (unpaired) electrons. The predicted molar refractivity (Wildman–Crippen MR) is 130 cm³/mol. The van der Waals surface area contributed by atoms with Crippen LogP contribution in [0.5, 0.6) is 0 Å². The number of aryl methyl sites for hydroxylation is 1. The summed E-state index contributed by atoms with van der Waals surface area (Å²) in [5, 5.41) is 0. The molecule has 0 bridgehead atoms. The van der Waals surface area contributed by atoms with Gasteiger partial charge in [-0.3, -0.25) is 14.3 Å². The van der Waals surface area contributed by atoms with Gasteiger partial charge in [-0.1, -0.05) is 103 Å². The molecule has 0 amide bonds. The predicted octanol–water partition coefficient (Wildman–Crippen LogP) is 4.41. The topological polar surface area (TPSA) is 64.1 Å². The number of hydrogen-bond acceptors (Lipinski definition) is 3. The van der Waals surface area contributed by atoms with E-state index in [1.165, 1.54) is 4.57 Å². The zero-order chi connectivity index (χ0) is 23.1. The van der Waals surface area contributed by atoms with E-state index in [2.05, 4.69) is 41.4 Å². The number of H-pyrrole nitrogens is 1. The molecule has 5 nitrogen and oxygen atoms in total. The standard InChI is InChI=1S/C28H26N2O3/c1-22-21-30(27(32)29-26(22)31)19-11-12-20-33-28(23-13-5-2-6-14-23,24-15-7-3-8-16-24)25-17-9-4-10-18-25/h2-18,21H,19-20H2,1H3,(H,29,31,32). The van der Waals surface area contributed by atoms with Crippen LogP contribution in [-0.4, -0.2) is 16.2 Å². The van der Waals surface area contributed by atoms with E-state index in [1.54, 1.807) is 13.1 Å². The number of hydrogen-bond donors (Lipinski definition) is 1. The van der Waals surface area contributed by atoms with Crippen LogP contribution in [0.2, 0.25) is 0 Å². The molecule has 0 aliphatic heterocycles. The Morgan fingerprint density at radius 1 is 0.788 bits per heavy atom. The van der Waals surface area contributed by atoms with Crippen molar-refractivity contribution >= 4 is 0 Å². The van der Waals surface area contributed by atoms with Gasteiger partial charge < -0.3 is 4.74 Å². The average Bonchev–Trinajstić information content (AvgIpc) is 2.86. The summed E-state index contributed by atoms with van der Waals surface area (Å²) in [7, 11) is 0. The summed E-state index contributed by atoms with van der Waals surface area (Å²) in [5.41, 5.74) is 2.01. The summed E-state index contributed by atoms with van der Waals surface area (Å²) in [6.45, 7) is 2.35. The number of nitrogens with zero attached hydrogens (tertiary/aromatic N) is 1. The first kappa shape index (κ1) is 22.2. The second-order valence-electron chi connectivity index (χ2n) is 7.79. The summed E-state index contributed by atoms with van der Waals surface area (Å²) in [6, 6.07) is 30.5. The highest BCUT2D eigenvalue weighted by atomic mass is 16.5. The molecule has 1 N–H and O–H groups in total. The Kier molecular flexibility index (Phi) is 6.81. The maximum absolute atomic E-state index is 12.0. The minimum absolute atomic E-state index is 0.329. The summed E-state index contributed by atoms with van der Waals surface area (Å²) < 4.78 is 8.13. The molecule has 0 atom stereocenters. The molecule has 0 fully saturated rings. The molecule has 0 spiro atoms. The van der Waals surface area contributed by atoms with Crippen molar-refractivity contribution < 1.29 is 4.74 Å². The van der Waals surface area contributed by atoms with Crippen LogP contribution in [0.15, 0.2) is 119 Å². The third-order valence-electron chi connectivity index (χ3n) is 5.59. The van der Waals surface area contributed by atoms with Gasteiger partial charge in [-0.25, -0.2) is 4.79 Å². The van der Waals surface area contributed by atoms with Crippen molar-refractivity contribution in [1.82, 2.24) is 9.55 Å². The highest BCUT2D eigenvalue weighted by Crippen LogP contribution is 2.40. The molecule has 0 unspecified atom stereocenters. The van der Waals surface area contributed by atoms with Crippen molar-refractivity contribution in [2.75, 3.05) is 6.61 Å². The van der Waals surface area contributed by atoms with E-state index in [0.29, 0.717) is 18.7 Å². The highest BCUT2D eigenvalue weighted by Gasteiger charge is 2.37. The lowest BCUT2D eigenvalue weighted by Crippen LogP contribution is -2.33. The van der Waals surface area contributed by atoms with E-state index >= 15 is 0 Å². The largest absolute Gasteiger partial charge is 0.357 e. The number of nitrogens with one attached hydrogen (secondary N) is 1. The lowest BCUT2D eigenvalue weighted by molar-refractivity contribution is 0.0318. The van der Waals surface area contributed by atoms with Gasteiger partial charge in [0.2, 0.25) is 0 Å². The van der Waals surface area contributed by atoms with Crippen LogP contribution in [0.4, 0.5) is 0 Å². The summed E-state index contributed by atoms with van der Waals surface area (Å²) in [6.07, 6.45) is 5.33. The molecule has 5 heteroatoms. The fourth-order valence-corrected chi connectivity index (χ4v) is 3.95. The van der Waals surface area contributed by atoms with E-state index in [-0.39, 0.29) is 5.56 Å². The van der Waals surface area contributed by atoms with Gasteiger partial charge in [-0.15, -0.1) is 0 Å². The minimum atomic E-state index is -0.792. The summed E-state index contributed by atoms with van der Waals surface area (Å²) >= 11 is 0. The quantitative estimate of drug-likeness (QED) is 0.327. The lowest BCUT2D eigenvalue weighted by atomic mass is 9.80. The molecule has 0 saturated carbocycles. The third-order valence-corrected chi connectivity index (χ3v) is 5.59. The molecule has 1 aromatic heterocycles. The Balaban J connectivity index is 1.66. The Morgan fingerprint density at radius 3 is 1.76 bits per heavy atom. The zero-order valence-electron chi connectivity index (χ0n) is 18.5. The molecule has 0 aliphatic rings. The molecule has 3 aromatic carbocycles. The van der Waals surface area contributed by atoms with Crippen LogP contribution in [0.25, 0.3) is 0 Å². The van der Waals surface area contributed by atoms with Crippen molar-refractivity contribution in [3.05, 3.63) is 152 Å². The van der Waals surface area contributed by atoms with E-state index in [9.17, 15) is 9.59 Å². The zero-order valence-corrected chi connectivity index (χ0v) is 18.5. The van der Waals surface area contributed by atoms with Crippen LogP contribution < -0.4 is 11.2 Å². The van der Waals surface area contributed by atoms with Gasteiger partial charge >= 0.3 is 5.69 Å². The first-order valence-corrected chi connectivity index (χ1v) is 10.9. The van der Waals surface area contributed by atoms with Crippen molar-refractivity contribution in [3.8, 4) is 0 Å². The SMILES string of the molecule is Cc1cn(CC=CCOC(c2ccccc2)(c2ccccc2)c2ccccc2)c(=O)[nH]c1=O. The third kappa shape index (κ3) is 4.78.